The summed E-state index contributed by atoms with van der Waals surface area (Å²) in [6.07, 6.45) is -5.32. The van der Waals surface area contributed by atoms with Gasteiger partial charge in [0.2, 0.25) is 5.91 Å². The molecule has 1 N–H and O–H groups in total. The van der Waals surface area contributed by atoms with Gasteiger partial charge >= 0.3 is 17.1 Å². The average Bonchev–Trinajstić information content (AvgIpc) is 2.14. The molecule has 0 saturated carbocycles. The minimum Gasteiger partial charge on any atom is -0.463 e. The number of amides is 1. The van der Waals surface area contributed by atoms with Gasteiger partial charge in [0.1, 0.15) is 0 Å². The second kappa shape index (κ2) is 6.26. The van der Waals surface area contributed by atoms with Gasteiger partial charge in [-0.2, -0.15) is 13.2 Å². The third-order valence-corrected chi connectivity index (χ3v) is 2.32. The number of nitrogens with one attached hydrogen (secondary N) is 1. The van der Waals surface area contributed by atoms with E-state index in [0.29, 0.717) is 0 Å². The number of rotatable bonds is 5. The highest BCUT2D eigenvalue weighted by Crippen LogP contribution is 2.35. The average molecular weight is 290 g/mol. The highest BCUT2D eigenvalue weighted by Gasteiger charge is 2.62. The second-order valence-corrected chi connectivity index (χ2v) is 4.59. The van der Waals surface area contributed by atoms with Crippen molar-refractivity contribution in [2.75, 3.05) is 6.61 Å². The Balaban J connectivity index is 5.01. The zero-order valence-electron chi connectivity index (χ0n) is 10.2. The van der Waals surface area contributed by atoms with Crippen molar-refractivity contribution < 1.29 is 27.5 Å². The molecule has 0 radical (unpaired) electrons. The topological polar surface area (TPSA) is 55.4 Å². The van der Waals surface area contributed by atoms with Crippen molar-refractivity contribution in [2.24, 2.45) is 5.92 Å². The molecule has 1 amide bonds. The SMILES string of the molecule is CCOC(=O)C(Cl)(NC(=O)CC(C)C)C(F)(F)F. The van der Waals surface area contributed by atoms with Crippen molar-refractivity contribution in [3.05, 3.63) is 0 Å². The van der Waals surface area contributed by atoms with Crippen LogP contribution in [-0.2, 0) is 14.3 Å². The maximum Gasteiger partial charge on any atom is 0.437 e. The quantitative estimate of drug-likeness (QED) is 0.480. The molecular formula is C10H15ClF3NO3. The molecule has 0 aliphatic rings. The normalized spacial score (nSPS) is 15.1. The summed E-state index contributed by atoms with van der Waals surface area (Å²) in [6.45, 7) is 4.35. The Morgan fingerprint density at radius 1 is 1.33 bits per heavy atom. The van der Waals surface area contributed by atoms with Gasteiger partial charge in [0.15, 0.2) is 0 Å². The predicted octanol–water partition coefficient (Wildman–Crippen LogP) is 2.21. The van der Waals surface area contributed by atoms with Crippen LogP contribution in [0.25, 0.3) is 0 Å². The summed E-state index contributed by atoms with van der Waals surface area (Å²) in [4.78, 5) is 19.0. The van der Waals surface area contributed by atoms with E-state index in [4.69, 9.17) is 11.6 Å². The van der Waals surface area contributed by atoms with Crippen molar-refractivity contribution in [3.8, 4) is 0 Å². The molecule has 4 nitrogen and oxygen atoms in total. The molecule has 0 aromatic rings. The smallest absolute Gasteiger partial charge is 0.437 e. The summed E-state index contributed by atoms with van der Waals surface area (Å²) in [5, 5.41) is 1.48. The van der Waals surface area contributed by atoms with E-state index >= 15 is 0 Å². The molecule has 0 fully saturated rings. The fourth-order valence-corrected chi connectivity index (χ4v) is 1.24. The van der Waals surface area contributed by atoms with Crippen molar-refractivity contribution in [1.82, 2.24) is 5.32 Å². The van der Waals surface area contributed by atoms with Crippen LogP contribution in [0.4, 0.5) is 13.2 Å². The van der Waals surface area contributed by atoms with E-state index in [-0.39, 0.29) is 18.9 Å². The number of hydrogen-bond acceptors (Lipinski definition) is 3. The zero-order chi connectivity index (χ0) is 14.6. The lowest BCUT2D eigenvalue weighted by Gasteiger charge is -2.28. The van der Waals surface area contributed by atoms with Gasteiger partial charge in [0.25, 0.3) is 0 Å². The van der Waals surface area contributed by atoms with E-state index in [1.807, 2.05) is 0 Å². The molecule has 106 valence electrons. The summed E-state index contributed by atoms with van der Waals surface area (Å²) in [6, 6.07) is 0. The molecule has 0 heterocycles. The Labute approximate surface area is 108 Å². The molecule has 1 unspecified atom stereocenters. The molecule has 0 spiro atoms. The number of carbonyl (C=O) groups excluding carboxylic acids is 2. The van der Waals surface area contributed by atoms with Crippen molar-refractivity contribution in [3.63, 3.8) is 0 Å². The Hall–Kier alpha value is -0.980. The zero-order valence-corrected chi connectivity index (χ0v) is 11.0. The van der Waals surface area contributed by atoms with Gasteiger partial charge in [0, 0.05) is 6.42 Å². The Bertz CT molecular complexity index is 320. The van der Waals surface area contributed by atoms with E-state index < -0.39 is 23.1 Å². The number of ether oxygens (including phenoxy) is 1. The Morgan fingerprint density at radius 3 is 2.17 bits per heavy atom. The van der Waals surface area contributed by atoms with Crippen molar-refractivity contribution >= 4 is 23.5 Å². The van der Waals surface area contributed by atoms with Gasteiger partial charge < -0.3 is 10.1 Å². The maximum atomic E-state index is 12.7. The molecule has 1 atom stereocenters. The van der Waals surface area contributed by atoms with E-state index in [1.54, 1.807) is 13.8 Å². The first-order chi connectivity index (χ1) is 8.04. The lowest BCUT2D eigenvalue weighted by atomic mass is 10.1. The summed E-state index contributed by atoms with van der Waals surface area (Å²) in [5.41, 5.74) is 0. The molecule has 0 saturated heterocycles. The van der Waals surface area contributed by atoms with Crippen LogP contribution in [0.1, 0.15) is 27.2 Å². The van der Waals surface area contributed by atoms with E-state index in [0.717, 1.165) is 0 Å². The lowest BCUT2D eigenvalue weighted by molar-refractivity contribution is -0.195. The third-order valence-electron chi connectivity index (χ3n) is 1.85. The number of hydrogen-bond donors (Lipinski definition) is 1. The van der Waals surface area contributed by atoms with Crippen LogP contribution in [0.15, 0.2) is 0 Å². The third kappa shape index (κ3) is 4.36. The second-order valence-electron chi connectivity index (χ2n) is 4.02. The van der Waals surface area contributed by atoms with Gasteiger partial charge in [-0.15, -0.1) is 0 Å². The first kappa shape index (κ1) is 17.0. The fourth-order valence-electron chi connectivity index (χ4n) is 1.08. The lowest BCUT2D eigenvalue weighted by Crippen LogP contribution is -2.60. The summed E-state index contributed by atoms with van der Waals surface area (Å²) < 4.78 is 42.4. The van der Waals surface area contributed by atoms with Crippen LogP contribution in [-0.4, -0.2) is 29.7 Å². The van der Waals surface area contributed by atoms with Gasteiger partial charge in [-0.25, -0.2) is 4.79 Å². The molecule has 0 aliphatic heterocycles. The van der Waals surface area contributed by atoms with Gasteiger partial charge in [-0.3, -0.25) is 4.79 Å². The molecular weight excluding hydrogens is 275 g/mol. The molecule has 18 heavy (non-hydrogen) atoms. The van der Waals surface area contributed by atoms with Crippen molar-refractivity contribution in [2.45, 2.75) is 38.4 Å². The van der Waals surface area contributed by atoms with Crippen LogP contribution >= 0.6 is 11.6 Å². The van der Waals surface area contributed by atoms with Gasteiger partial charge in [-0.1, -0.05) is 25.4 Å². The molecule has 8 heteroatoms. The van der Waals surface area contributed by atoms with Crippen molar-refractivity contribution in [1.29, 1.82) is 0 Å². The van der Waals surface area contributed by atoms with Crippen LogP contribution < -0.4 is 5.32 Å². The molecule has 0 aliphatic carbocycles. The molecule has 0 bridgehead atoms. The van der Waals surface area contributed by atoms with E-state index in [2.05, 4.69) is 4.74 Å². The molecule has 0 aromatic carbocycles. The molecule has 0 rings (SSSR count). The maximum absolute atomic E-state index is 12.7. The monoisotopic (exact) mass is 289 g/mol. The number of halogens is 4. The van der Waals surface area contributed by atoms with E-state index in [9.17, 15) is 22.8 Å². The van der Waals surface area contributed by atoms with Gasteiger partial charge in [-0.05, 0) is 12.8 Å². The van der Waals surface area contributed by atoms with Crippen LogP contribution in [0.2, 0.25) is 0 Å². The first-order valence-corrected chi connectivity index (χ1v) is 5.66. The largest absolute Gasteiger partial charge is 0.463 e. The number of carbonyl (C=O) groups is 2. The van der Waals surface area contributed by atoms with Crippen LogP contribution in [0.3, 0.4) is 0 Å². The van der Waals surface area contributed by atoms with Gasteiger partial charge in [0.05, 0.1) is 6.61 Å². The Morgan fingerprint density at radius 2 is 1.83 bits per heavy atom. The predicted molar refractivity (Wildman–Crippen MR) is 58.9 cm³/mol. The molecule has 0 aromatic heterocycles. The first-order valence-electron chi connectivity index (χ1n) is 5.28. The summed E-state index contributed by atoms with van der Waals surface area (Å²) >= 11 is 5.19. The minimum atomic E-state index is -5.15. The van der Waals surface area contributed by atoms with E-state index in [1.165, 1.54) is 12.2 Å². The van der Waals surface area contributed by atoms with Crippen LogP contribution in [0.5, 0.6) is 0 Å². The number of esters is 1. The fraction of sp³-hybridized carbons (Fsp3) is 0.800. The standard InChI is InChI=1S/C10H15ClF3NO3/c1-4-18-8(17)9(11,10(12,13)14)15-7(16)5-6(2)3/h6H,4-5H2,1-3H3,(H,15,16). The summed E-state index contributed by atoms with van der Waals surface area (Å²) in [5.74, 6) is -2.87. The highest BCUT2D eigenvalue weighted by atomic mass is 35.5. The minimum absolute atomic E-state index is 0.165. The van der Waals surface area contributed by atoms with Crippen LogP contribution in [0, 0.1) is 5.92 Å². The highest BCUT2D eigenvalue weighted by molar-refractivity contribution is 6.35. The summed E-state index contributed by atoms with van der Waals surface area (Å²) in [7, 11) is 0. The Kier molecular flexibility index (Phi) is 5.92. The number of alkyl halides is 4.